The Kier molecular flexibility index (Phi) is 11.6. The van der Waals surface area contributed by atoms with Crippen LogP contribution in [0.1, 0.15) is 33.4 Å². The third kappa shape index (κ3) is 7.84. The monoisotopic (exact) mass is 1020 g/mol. The summed E-state index contributed by atoms with van der Waals surface area (Å²) in [7, 11) is 0. The summed E-state index contributed by atoms with van der Waals surface area (Å²) in [5.41, 5.74) is 14.3. The van der Waals surface area contributed by atoms with Crippen LogP contribution < -0.4 is 0 Å². The van der Waals surface area contributed by atoms with Crippen molar-refractivity contribution in [3.63, 3.8) is 0 Å². The molecule has 13 rings (SSSR count). The predicted molar refractivity (Wildman–Crippen MR) is 312 cm³/mol. The van der Waals surface area contributed by atoms with Gasteiger partial charge in [-0.3, -0.25) is 0 Å². The average molecular weight is 1020 g/mol. The third-order valence-electron chi connectivity index (χ3n) is 14.7. The first-order chi connectivity index (χ1) is 39.4. The normalized spacial score (nSPS) is 10.9. The van der Waals surface area contributed by atoms with Gasteiger partial charge in [0.15, 0.2) is 5.82 Å². The molecule has 0 saturated heterocycles. The van der Waals surface area contributed by atoms with E-state index in [9.17, 15) is 31.6 Å². The molecule has 80 heavy (non-hydrogen) atoms. The molecule has 0 spiro atoms. The summed E-state index contributed by atoms with van der Waals surface area (Å²) in [6.45, 7) is 0. The van der Waals surface area contributed by atoms with Crippen LogP contribution in [0, 0.1) is 68.0 Å². The Bertz CT molecular complexity index is 4690. The van der Waals surface area contributed by atoms with Crippen molar-refractivity contribution in [1.29, 1.82) is 31.6 Å². The molecule has 0 aliphatic carbocycles. The number of fused-ring (bicyclic) bond motifs is 6. The first kappa shape index (κ1) is 47.5. The number of rotatable bonds is 8. The average Bonchev–Trinajstić information content (AvgIpc) is 4.10. The zero-order valence-corrected chi connectivity index (χ0v) is 42.3. The molecule has 0 bridgehead atoms. The van der Waals surface area contributed by atoms with E-state index in [0.717, 1.165) is 88.5 Å². The van der Waals surface area contributed by atoms with Crippen molar-refractivity contribution >= 4 is 43.6 Å². The Morgan fingerprint density at radius 2 is 0.700 bits per heavy atom. The highest BCUT2D eigenvalue weighted by Gasteiger charge is 2.25. The molecule has 0 unspecified atom stereocenters. The highest BCUT2D eigenvalue weighted by molar-refractivity contribution is 6.13. The van der Waals surface area contributed by atoms with Crippen molar-refractivity contribution in [1.82, 2.24) is 19.1 Å². The number of hydrogen-bond donors (Lipinski definition) is 0. The lowest BCUT2D eigenvalue weighted by atomic mass is 9.91. The Hall–Kier alpha value is -12.2. The molecule has 10 heteroatoms. The van der Waals surface area contributed by atoms with E-state index in [1.165, 1.54) is 24.3 Å². The minimum Gasteiger partial charge on any atom is -0.309 e. The smallest absolute Gasteiger partial charge is 0.160 e. The molecule has 0 aliphatic heterocycles. The Balaban J connectivity index is 1.14. The van der Waals surface area contributed by atoms with Gasteiger partial charge in [0.2, 0.25) is 0 Å². The summed E-state index contributed by atoms with van der Waals surface area (Å²) < 4.78 is 4.52. The zero-order valence-electron chi connectivity index (χ0n) is 42.3. The van der Waals surface area contributed by atoms with Gasteiger partial charge >= 0.3 is 0 Å². The summed E-state index contributed by atoms with van der Waals surface area (Å²) >= 11 is 0. The predicted octanol–water partition coefficient (Wildman–Crippen LogP) is 15.9. The van der Waals surface area contributed by atoms with Crippen molar-refractivity contribution in [3.8, 4) is 115 Å². The highest BCUT2D eigenvalue weighted by atomic mass is 15.0. The minimum atomic E-state index is 0.175. The van der Waals surface area contributed by atoms with Gasteiger partial charge in [-0.2, -0.15) is 31.6 Å². The van der Waals surface area contributed by atoms with Gasteiger partial charge in [-0.1, -0.05) is 133 Å². The number of benzene rings is 10. The summed E-state index contributed by atoms with van der Waals surface area (Å²) in [6, 6.07) is 84.4. The van der Waals surface area contributed by atoms with E-state index in [1.54, 1.807) is 0 Å². The van der Waals surface area contributed by atoms with E-state index in [-0.39, 0.29) is 33.4 Å². The molecule has 3 aromatic heterocycles. The molecule has 3 heterocycles. The van der Waals surface area contributed by atoms with Crippen LogP contribution in [0.3, 0.4) is 0 Å². The SMILES string of the molecule is N#Cc1cc(C#N)c(-c2ccc3c(c2)c2cc(-c4c(C#N)cc(C#N)cc4C#N)ccc2n3-c2ccc(-c3cc(-c4ccccc4)nc(-c4ccccc4)n3)cc2-c2ccccc2-n2c3ccccc3c3ccccc32)c(C#N)c1. The molecule has 13 aromatic rings. The first-order valence-electron chi connectivity index (χ1n) is 25.5. The lowest BCUT2D eigenvalue weighted by Crippen LogP contribution is -2.02. The Morgan fingerprint density at radius 1 is 0.287 bits per heavy atom. The summed E-state index contributed by atoms with van der Waals surface area (Å²) in [5, 5.41) is 65.4. The standard InChI is InChI=1S/C70H36N10/c71-37-43-29-50(39-73)68(51(30-43)40-74)48-24-27-66-58(34-48)59-35-49(69-52(41-75)31-44(38-72)32-53(69)42-76)25-28-67(59)80(66)65-26-23-47(61-36-60(45-13-3-1-4-14-45)77-70(78-61)46-15-5-2-6-16-46)33-57(65)56-19-9-12-22-64(56)79-62-20-10-7-17-54(62)55-18-8-11-21-63(55)79/h1-36H. The fourth-order valence-corrected chi connectivity index (χ4v) is 11.2. The van der Waals surface area contributed by atoms with Crippen LogP contribution >= 0.6 is 0 Å². The highest BCUT2D eigenvalue weighted by Crippen LogP contribution is 2.45. The summed E-state index contributed by atoms with van der Waals surface area (Å²) in [5.74, 6) is 0.579. The Labute approximate surface area is 458 Å². The molecule has 0 aliphatic rings. The molecule has 0 radical (unpaired) electrons. The van der Waals surface area contributed by atoms with E-state index in [4.69, 9.17) is 9.97 Å². The largest absolute Gasteiger partial charge is 0.309 e. The maximum Gasteiger partial charge on any atom is 0.160 e. The summed E-state index contributed by atoms with van der Waals surface area (Å²) in [6.07, 6.45) is 0. The molecule has 10 nitrogen and oxygen atoms in total. The molecule has 0 amide bonds. The second kappa shape index (κ2) is 19.5. The van der Waals surface area contributed by atoms with Crippen LogP contribution in [-0.4, -0.2) is 19.1 Å². The van der Waals surface area contributed by atoms with Crippen molar-refractivity contribution in [2.45, 2.75) is 0 Å². The molecule has 0 fully saturated rings. The van der Waals surface area contributed by atoms with Gasteiger partial charge in [0.25, 0.3) is 0 Å². The topological polar surface area (TPSA) is 178 Å². The number of para-hydroxylation sites is 3. The van der Waals surface area contributed by atoms with Crippen LogP contribution in [0.25, 0.3) is 122 Å². The number of hydrogen-bond acceptors (Lipinski definition) is 8. The van der Waals surface area contributed by atoms with E-state index in [2.05, 4.69) is 130 Å². The number of nitrogens with zero attached hydrogens (tertiary/aromatic N) is 10. The maximum atomic E-state index is 10.5. The minimum absolute atomic E-state index is 0.175. The van der Waals surface area contributed by atoms with Crippen LogP contribution in [0.2, 0.25) is 0 Å². The maximum absolute atomic E-state index is 10.5. The van der Waals surface area contributed by atoms with Crippen LogP contribution in [0.4, 0.5) is 0 Å². The van der Waals surface area contributed by atoms with E-state index >= 15 is 0 Å². The lowest BCUT2D eigenvalue weighted by Gasteiger charge is -2.20. The molecule has 10 aromatic carbocycles. The van der Waals surface area contributed by atoms with Gasteiger partial charge in [-0.25, -0.2) is 9.97 Å². The van der Waals surface area contributed by atoms with Gasteiger partial charge < -0.3 is 9.13 Å². The van der Waals surface area contributed by atoms with Crippen molar-refractivity contribution < 1.29 is 0 Å². The quantitative estimate of drug-likeness (QED) is 0.144. The van der Waals surface area contributed by atoms with Crippen molar-refractivity contribution in [3.05, 3.63) is 252 Å². The van der Waals surface area contributed by atoms with Crippen LogP contribution in [0.15, 0.2) is 218 Å². The molecule has 0 atom stereocenters. The fraction of sp³-hybridized carbons (Fsp3) is 0. The van der Waals surface area contributed by atoms with E-state index < -0.39 is 0 Å². The van der Waals surface area contributed by atoms with Gasteiger partial charge in [-0.05, 0) is 96.1 Å². The van der Waals surface area contributed by atoms with Crippen LogP contribution in [-0.2, 0) is 0 Å². The van der Waals surface area contributed by atoms with Gasteiger partial charge in [0.1, 0.15) is 0 Å². The van der Waals surface area contributed by atoms with E-state index in [1.807, 2.05) is 109 Å². The fourth-order valence-electron chi connectivity index (χ4n) is 11.2. The molecule has 0 N–H and O–H groups in total. The molecular formula is C70H36N10. The van der Waals surface area contributed by atoms with Gasteiger partial charge in [-0.15, -0.1) is 0 Å². The van der Waals surface area contributed by atoms with Crippen molar-refractivity contribution in [2.75, 3.05) is 0 Å². The van der Waals surface area contributed by atoms with Gasteiger partial charge in [0, 0.05) is 60.5 Å². The van der Waals surface area contributed by atoms with Crippen LogP contribution in [0.5, 0.6) is 0 Å². The second-order valence-electron chi connectivity index (χ2n) is 19.2. The zero-order chi connectivity index (χ0) is 54.4. The molecular weight excluding hydrogens is 981 g/mol. The molecule has 0 saturated carbocycles. The Morgan fingerprint density at radius 3 is 1.20 bits per heavy atom. The number of aromatic nitrogens is 4. The van der Waals surface area contributed by atoms with E-state index in [0.29, 0.717) is 33.8 Å². The van der Waals surface area contributed by atoms with Gasteiger partial charge in [0.05, 0.1) is 115 Å². The number of nitriles is 6. The third-order valence-corrected chi connectivity index (χ3v) is 14.7. The lowest BCUT2D eigenvalue weighted by molar-refractivity contribution is 1.16. The first-order valence-corrected chi connectivity index (χ1v) is 25.5. The van der Waals surface area contributed by atoms with Crippen molar-refractivity contribution in [2.24, 2.45) is 0 Å². The summed E-state index contributed by atoms with van der Waals surface area (Å²) in [4.78, 5) is 10.4. The second-order valence-corrected chi connectivity index (χ2v) is 19.2. The molecule has 366 valence electrons.